The number of aliphatic hydroxyl groups is 1. The van der Waals surface area contributed by atoms with E-state index in [9.17, 15) is 9.50 Å². The van der Waals surface area contributed by atoms with Gasteiger partial charge in [-0.25, -0.2) is 14.8 Å². The molecule has 0 fully saturated rings. The SMILES string of the molecule is CC[C@H](CO)N(C)N[C@H](CC)c1ccc(F)cc1. The molecule has 0 aliphatic heterocycles. The summed E-state index contributed by atoms with van der Waals surface area (Å²) in [5.41, 5.74) is 4.41. The minimum absolute atomic E-state index is 0.0968. The van der Waals surface area contributed by atoms with Crippen LogP contribution in [0.3, 0.4) is 0 Å². The van der Waals surface area contributed by atoms with Gasteiger partial charge in [-0.05, 0) is 30.5 Å². The predicted octanol–water partition coefficient (Wildman–Crippen LogP) is 2.48. The summed E-state index contributed by atoms with van der Waals surface area (Å²) in [7, 11) is 1.93. The Kier molecular flexibility index (Phi) is 6.25. The van der Waals surface area contributed by atoms with Crippen molar-refractivity contribution < 1.29 is 9.50 Å². The van der Waals surface area contributed by atoms with Gasteiger partial charge in [-0.15, -0.1) is 0 Å². The average Bonchev–Trinajstić information content (AvgIpc) is 2.38. The fourth-order valence-electron chi connectivity index (χ4n) is 1.97. The summed E-state index contributed by atoms with van der Waals surface area (Å²) in [5.74, 6) is -0.219. The van der Waals surface area contributed by atoms with Crippen molar-refractivity contribution >= 4 is 0 Å². The first kappa shape index (κ1) is 15.1. The lowest BCUT2D eigenvalue weighted by atomic mass is 10.1. The van der Waals surface area contributed by atoms with E-state index in [4.69, 9.17) is 0 Å². The monoisotopic (exact) mass is 254 g/mol. The van der Waals surface area contributed by atoms with Crippen LogP contribution in [-0.4, -0.2) is 29.8 Å². The number of nitrogens with one attached hydrogen (secondary N) is 1. The van der Waals surface area contributed by atoms with Crippen LogP contribution in [0.4, 0.5) is 4.39 Å². The van der Waals surface area contributed by atoms with Crippen LogP contribution in [0.25, 0.3) is 0 Å². The number of nitrogens with zero attached hydrogens (tertiary/aromatic N) is 1. The number of rotatable bonds is 7. The van der Waals surface area contributed by atoms with Gasteiger partial charge in [-0.1, -0.05) is 26.0 Å². The number of hydrazine groups is 1. The minimum Gasteiger partial charge on any atom is -0.395 e. The molecule has 0 aliphatic rings. The molecule has 0 bridgehead atoms. The Morgan fingerprint density at radius 2 is 1.83 bits per heavy atom. The van der Waals surface area contributed by atoms with Crippen LogP contribution in [-0.2, 0) is 0 Å². The van der Waals surface area contributed by atoms with E-state index in [0.29, 0.717) is 0 Å². The number of hydrogen-bond acceptors (Lipinski definition) is 3. The highest BCUT2D eigenvalue weighted by molar-refractivity contribution is 5.19. The van der Waals surface area contributed by atoms with Crippen LogP contribution in [0.5, 0.6) is 0 Å². The minimum atomic E-state index is -0.219. The number of likely N-dealkylation sites (N-methyl/N-ethyl adjacent to an activating group) is 1. The van der Waals surface area contributed by atoms with Crippen molar-refractivity contribution in [1.82, 2.24) is 10.4 Å². The Morgan fingerprint density at radius 1 is 1.22 bits per heavy atom. The lowest BCUT2D eigenvalue weighted by Crippen LogP contribution is -2.45. The van der Waals surface area contributed by atoms with E-state index >= 15 is 0 Å². The standard InChI is InChI=1S/C14H23FN2O/c1-4-13(10-18)17(3)16-14(5-2)11-6-8-12(15)9-7-11/h6-9,13-14,16,18H,4-5,10H2,1-3H3/t13-,14-/m1/s1. The van der Waals surface area contributed by atoms with E-state index in [0.717, 1.165) is 18.4 Å². The molecule has 2 atom stereocenters. The van der Waals surface area contributed by atoms with Crippen LogP contribution in [0.15, 0.2) is 24.3 Å². The van der Waals surface area contributed by atoms with Gasteiger partial charge >= 0.3 is 0 Å². The highest BCUT2D eigenvalue weighted by Crippen LogP contribution is 2.18. The van der Waals surface area contributed by atoms with Gasteiger partial charge in [0.15, 0.2) is 0 Å². The molecule has 1 aromatic rings. The van der Waals surface area contributed by atoms with Gasteiger partial charge in [0.1, 0.15) is 5.82 Å². The van der Waals surface area contributed by atoms with E-state index < -0.39 is 0 Å². The van der Waals surface area contributed by atoms with Gasteiger partial charge in [0.25, 0.3) is 0 Å². The summed E-state index contributed by atoms with van der Waals surface area (Å²) in [5, 5.41) is 11.2. The quantitative estimate of drug-likeness (QED) is 0.734. The second-order valence-corrected chi connectivity index (χ2v) is 4.50. The Bertz CT molecular complexity index is 338. The third-order valence-electron chi connectivity index (χ3n) is 3.27. The highest BCUT2D eigenvalue weighted by Gasteiger charge is 2.16. The highest BCUT2D eigenvalue weighted by atomic mass is 19.1. The van der Waals surface area contributed by atoms with Gasteiger partial charge in [-0.3, -0.25) is 0 Å². The molecule has 0 heterocycles. The fraction of sp³-hybridized carbons (Fsp3) is 0.571. The average molecular weight is 254 g/mol. The summed E-state index contributed by atoms with van der Waals surface area (Å²) >= 11 is 0. The summed E-state index contributed by atoms with van der Waals surface area (Å²) in [6.07, 6.45) is 1.78. The zero-order chi connectivity index (χ0) is 13.5. The smallest absolute Gasteiger partial charge is 0.123 e. The Morgan fingerprint density at radius 3 is 2.28 bits per heavy atom. The Labute approximate surface area is 109 Å². The molecular formula is C14H23FN2O. The third-order valence-corrected chi connectivity index (χ3v) is 3.27. The molecule has 2 N–H and O–H groups in total. The zero-order valence-corrected chi connectivity index (χ0v) is 11.4. The summed E-state index contributed by atoms with van der Waals surface area (Å²) in [6.45, 7) is 4.24. The van der Waals surface area contributed by atoms with Gasteiger partial charge in [0, 0.05) is 19.1 Å². The van der Waals surface area contributed by atoms with Gasteiger partial charge in [-0.2, -0.15) is 0 Å². The molecule has 0 amide bonds. The molecule has 0 aliphatic carbocycles. The van der Waals surface area contributed by atoms with Crippen molar-refractivity contribution in [3.05, 3.63) is 35.6 Å². The van der Waals surface area contributed by atoms with Crippen molar-refractivity contribution in [3.8, 4) is 0 Å². The van der Waals surface area contributed by atoms with Crippen LogP contribution >= 0.6 is 0 Å². The van der Waals surface area contributed by atoms with Crippen molar-refractivity contribution in [2.45, 2.75) is 38.8 Å². The first-order valence-corrected chi connectivity index (χ1v) is 6.47. The summed E-state index contributed by atoms with van der Waals surface area (Å²) in [6, 6.07) is 6.77. The Hall–Kier alpha value is -0.970. The number of aliphatic hydroxyl groups excluding tert-OH is 1. The molecule has 0 aromatic heterocycles. The molecule has 102 valence electrons. The van der Waals surface area contributed by atoms with E-state index in [-0.39, 0.29) is 24.5 Å². The molecule has 0 radical (unpaired) electrons. The van der Waals surface area contributed by atoms with E-state index in [2.05, 4.69) is 12.3 Å². The lowest BCUT2D eigenvalue weighted by molar-refractivity contribution is 0.0816. The molecule has 0 spiro atoms. The second kappa shape index (κ2) is 7.46. The molecule has 1 rings (SSSR count). The van der Waals surface area contributed by atoms with Crippen molar-refractivity contribution in [2.75, 3.05) is 13.7 Å². The van der Waals surface area contributed by atoms with Crippen LogP contribution < -0.4 is 5.43 Å². The number of benzene rings is 1. The van der Waals surface area contributed by atoms with Crippen LogP contribution in [0, 0.1) is 5.82 Å². The van der Waals surface area contributed by atoms with Crippen LogP contribution in [0.1, 0.15) is 38.3 Å². The Balaban J connectivity index is 2.69. The molecule has 3 nitrogen and oxygen atoms in total. The van der Waals surface area contributed by atoms with Crippen LogP contribution in [0.2, 0.25) is 0 Å². The maximum Gasteiger partial charge on any atom is 0.123 e. The number of halogens is 1. The molecular weight excluding hydrogens is 231 g/mol. The maximum absolute atomic E-state index is 12.9. The molecule has 0 unspecified atom stereocenters. The topological polar surface area (TPSA) is 35.5 Å². The summed E-state index contributed by atoms with van der Waals surface area (Å²) in [4.78, 5) is 0. The van der Waals surface area contributed by atoms with Crippen molar-refractivity contribution in [2.24, 2.45) is 0 Å². The zero-order valence-electron chi connectivity index (χ0n) is 11.4. The van der Waals surface area contributed by atoms with Crippen molar-refractivity contribution in [3.63, 3.8) is 0 Å². The van der Waals surface area contributed by atoms with Crippen molar-refractivity contribution in [1.29, 1.82) is 0 Å². The normalized spacial score (nSPS) is 14.8. The molecule has 0 saturated carbocycles. The molecule has 1 aromatic carbocycles. The second-order valence-electron chi connectivity index (χ2n) is 4.50. The van der Waals surface area contributed by atoms with E-state index in [1.807, 2.05) is 19.0 Å². The maximum atomic E-state index is 12.9. The molecule has 4 heteroatoms. The fourth-order valence-corrected chi connectivity index (χ4v) is 1.97. The van der Waals surface area contributed by atoms with Gasteiger partial charge < -0.3 is 5.11 Å². The molecule has 0 saturated heterocycles. The predicted molar refractivity (Wildman–Crippen MR) is 71.5 cm³/mol. The van der Waals surface area contributed by atoms with E-state index in [1.54, 1.807) is 12.1 Å². The summed E-state index contributed by atoms with van der Waals surface area (Å²) < 4.78 is 12.9. The largest absolute Gasteiger partial charge is 0.395 e. The first-order chi connectivity index (χ1) is 8.62. The van der Waals surface area contributed by atoms with Gasteiger partial charge in [0.2, 0.25) is 0 Å². The first-order valence-electron chi connectivity index (χ1n) is 6.47. The van der Waals surface area contributed by atoms with E-state index in [1.165, 1.54) is 12.1 Å². The number of hydrogen-bond donors (Lipinski definition) is 2. The molecule has 18 heavy (non-hydrogen) atoms. The third kappa shape index (κ3) is 4.05. The lowest BCUT2D eigenvalue weighted by Gasteiger charge is -2.30. The van der Waals surface area contributed by atoms with Gasteiger partial charge in [0.05, 0.1) is 6.61 Å².